The zero-order valence-corrected chi connectivity index (χ0v) is 9.47. The Bertz CT molecular complexity index is 208. The first-order valence-electron chi connectivity index (χ1n) is 5.92. The molecular weight excluding hydrogens is 174 g/mol. The van der Waals surface area contributed by atoms with E-state index in [-0.39, 0.29) is 5.41 Å². The van der Waals surface area contributed by atoms with E-state index >= 15 is 0 Å². The van der Waals surface area contributed by atoms with Crippen molar-refractivity contribution in [3.8, 4) is 0 Å². The van der Waals surface area contributed by atoms with Crippen molar-refractivity contribution in [2.75, 3.05) is 13.2 Å². The fourth-order valence-electron chi connectivity index (χ4n) is 2.61. The zero-order chi connectivity index (χ0) is 10.2. The van der Waals surface area contributed by atoms with E-state index in [1.165, 1.54) is 32.1 Å². The minimum atomic E-state index is 0.263. The van der Waals surface area contributed by atoms with Gasteiger partial charge in [-0.25, -0.2) is 0 Å². The van der Waals surface area contributed by atoms with Gasteiger partial charge in [0.05, 0.1) is 0 Å². The summed E-state index contributed by atoms with van der Waals surface area (Å²) in [6, 6.07) is 0.673. The molecular formula is C12H23NO. The average molecular weight is 197 g/mol. The van der Waals surface area contributed by atoms with Gasteiger partial charge in [0.25, 0.3) is 0 Å². The summed E-state index contributed by atoms with van der Waals surface area (Å²) in [7, 11) is 0. The molecule has 0 aliphatic heterocycles. The van der Waals surface area contributed by atoms with Crippen molar-refractivity contribution in [1.29, 1.82) is 0 Å². The van der Waals surface area contributed by atoms with E-state index in [0.29, 0.717) is 18.1 Å². The fraction of sp³-hybridized carbons (Fsp3) is 1.00. The van der Waals surface area contributed by atoms with Gasteiger partial charge >= 0.3 is 0 Å². The molecule has 0 heterocycles. The van der Waals surface area contributed by atoms with Crippen molar-refractivity contribution in [2.24, 2.45) is 10.8 Å². The summed E-state index contributed by atoms with van der Waals surface area (Å²) < 4.78 is 0. The molecule has 2 heteroatoms. The molecule has 1 atom stereocenters. The molecule has 0 spiro atoms. The van der Waals surface area contributed by atoms with E-state index in [9.17, 15) is 5.11 Å². The largest absolute Gasteiger partial charge is 0.396 e. The molecule has 1 unspecified atom stereocenters. The highest BCUT2D eigenvalue weighted by molar-refractivity contribution is 4.97. The minimum absolute atomic E-state index is 0.263. The van der Waals surface area contributed by atoms with Crippen LogP contribution in [0.15, 0.2) is 0 Å². The van der Waals surface area contributed by atoms with Crippen LogP contribution in [-0.4, -0.2) is 24.3 Å². The van der Waals surface area contributed by atoms with Crippen LogP contribution in [0, 0.1) is 10.8 Å². The predicted molar refractivity (Wildman–Crippen MR) is 58.2 cm³/mol. The van der Waals surface area contributed by atoms with Gasteiger partial charge in [0.15, 0.2) is 0 Å². The van der Waals surface area contributed by atoms with Crippen LogP contribution in [-0.2, 0) is 0 Å². The quantitative estimate of drug-likeness (QED) is 0.722. The van der Waals surface area contributed by atoms with E-state index in [1.54, 1.807) is 0 Å². The van der Waals surface area contributed by atoms with E-state index in [4.69, 9.17) is 0 Å². The van der Waals surface area contributed by atoms with Crippen LogP contribution in [0.4, 0.5) is 0 Å². The Balaban J connectivity index is 1.80. The van der Waals surface area contributed by atoms with Gasteiger partial charge in [-0.1, -0.05) is 20.3 Å². The molecule has 2 saturated carbocycles. The van der Waals surface area contributed by atoms with E-state index < -0.39 is 0 Å². The molecule has 2 fully saturated rings. The van der Waals surface area contributed by atoms with E-state index in [2.05, 4.69) is 19.2 Å². The highest BCUT2D eigenvalue weighted by Crippen LogP contribution is 2.45. The summed E-state index contributed by atoms with van der Waals surface area (Å²) in [5.41, 5.74) is 0.726. The maximum Gasteiger partial charge on any atom is 0.0499 e. The average Bonchev–Trinajstić information content (AvgIpc) is 2.84. The zero-order valence-electron chi connectivity index (χ0n) is 9.47. The van der Waals surface area contributed by atoms with Gasteiger partial charge in [0.2, 0.25) is 0 Å². The van der Waals surface area contributed by atoms with Crippen LogP contribution in [0.3, 0.4) is 0 Å². The number of hydrogen-bond acceptors (Lipinski definition) is 2. The van der Waals surface area contributed by atoms with Crippen molar-refractivity contribution in [2.45, 2.75) is 52.0 Å². The molecule has 2 aliphatic carbocycles. The second-order valence-electron chi connectivity index (χ2n) is 5.97. The van der Waals surface area contributed by atoms with Crippen molar-refractivity contribution in [3.05, 3.63) is 0 Å². The highest BCUT2D eigenvalue weighted by Gasteiger charge is 2.43. The summed E-state index contributed by atoms with van der Waals surface area (Å²) in [5, 5.41) is 12.9. The SMILES string of the molecule is CC1(C)CCCC1NCC1(CO)CC1. The Hall–Kier alpha value is -0.0800. The first-order chi connectivity index (χ1) is 6.58. The van der Waals surface area contributed by atoms with Crippen molar-refractivity contribution in [1.82, 2.24) is 5.32 Å². The van der Waals surface area contributed by atoms with Crippen LogP contribution < -0.4 is 5.32 Å². The predicted octanol–water partition coefficient (Wildman–Crippen LogP) is 1.93. The standard InChI is InChI=1S/C12H23NO/c1-11(2)5-3-4-10(11)13-8-12(9-14)6-7-12/h10,13-14H,3-9H2,1-2H3. The van der Waals surface area contributed by atoms with Gasteiger partial charge in [-0.15, -0.1) is 0 Å². The Morgan fingerprint density at radius 2 is 2.00 bits per heavy atom. The Kier molecular flexibility index (Phi) is 2.61. The second-order valence-corrected chi connectivity index (χ2v) is 5.97. The lowest BCUT2D eigenvalue weighted by molar-refractivity contribution is 0.190. The number of rotatable bonds is 4. The molecule has 0 aromatic rings. The first kappa shape index (κ1) is 10.4. The third kappa shape index (κ3) is 1.96. The molecule has 0 aromatic heterocycles. The summed E-state index contributed by atoms with van der Waals surface area (Å²) >= 11 is 0. The summed E-state index contributed by atoms with van der Waals surface area (Å²) in [6.45, 7) is 6.11. The third-order valence-electron chi connectivity index (χ3n) is 4.27. The second kappa shape index (κ2) is 3.49. The minimum Gasteiger partial charge on any atom is -0.396 e. The van der Waals surface area contributed by atoms with Crippen molar-refractivity contribution < 1.29 is 5.11 Å². The topological polar surface area (TPSA) is 32.3 Å². The maximum atomic E-state index is 9.22. The number of nitrogens with one attached hydrogen (secondary N) is 1. The Morgan fingerprint density at radius 1 is 1.29 bits per heavy atom. The summed E-state index contributed by atoms with van der Waals surface area (Å²) in [5.74, 6) is 0. The van der Waals surface area contributed by atoms with E-state index in [0.717, 1.165) is 6.54 Å². The lowest BCUT2D eigenvalue weighted by Gasteiger charge is -2.29. The normalized spacial score (nSPS) is 33.2. The Morgan fingerprint density at radius 3 is 2.43 bits per heavy atom. The molecule has 0 radical (unpaired) electrons. The molecule has 0 bridgehead atoms. The van der Waals surface area contributed by atoms with Crippen molar-refractivity contribution in [3.63, 3.8) is 0 Å². The van der Waals surface area contributed by atoms with Gasteiger partial charge in [0.1, 0.15) is 0 Å². The molecule has 82 valence electrons. The third-order valence-corrected chi connectivity index (χ3v) is 4.27. The van der Waals surface area contributed by atoms with Crippen molar-refractivity contribution >= 4 is 0 Å². The highest BCUT2D eigenvalue weighted by atomic mass is 16.3. The molecule has 0 aromatic carbocycles. The van der Waals surface area contributed by atoms with Crippen LogP contribution >= 0.6 is 0 Å². The molecule has 14 heavy (non-hydrogen) atoms. The molecule has 2 nitrogen and oxygen atoms in total. The monoisotopic (exact) mass is 197 g/mol. The lowest BCUT2D eigenvalue weighted by atomic mass is 9.87. The van der Waals surface area contributed by atoms with Crippen LogP contribution in [0.2, 0.25) is 0 Å². The lowest BCUT2D eigenvalue weighted by Crippen LogP contribution is -2.41. The number of aliphatic hydroxyl groups excluding tert-OH is 1. The van der Waals surface area contributed by atoms with Crippen LogP contribution in [0.5, 0.6) is 0 Å². The number of aliphatic hydroxyl groups is 1. The molecule has 0 amide bonds. The summed E-state index contributed by atoms with van der Waals surface area (Å²) in [4.78, 5) is 0. The molecule has 2 N–H and O–H groups in total. The molecule has 2 rings (SSSR count). The van der Waals surface area contributed by atoms with E-state index in [1.807, 2.05) is 0 Å². The number of hydrogen-bond donors (Lipinski definition) is 2. The summed E-state index contributed by atoms with van der Waals surface area (Å²) in [6.07, 6.45) is 6.44. The van der Waals surface area contributed by atoms with Gasteiger partial charge < -0.3 is 10.4 Å². The fourth-order valence-corrected chi connectivity index (χ4v) is 2.61. The van der Waals surface area contributed by atoms with Gasteiger partial charge in [0, 0.05) is 24.6 Å². The van der Waals surface area contributed by atoms with Gasteiger partial charge in [-0.2, -0.15) is 0 Å². The van der Waals surface area contributed by atoms with Gasteiger partial charge in [-0.05, 0) is 31.1 Å². The first-order valence-corrected chi connectivity index (χ1v) is 5.92. The van der Waals surface area contributed by atoms with Crippen LogP contribution in [0.25, 0.3) is 0 Å². The Labute approximate surface area is 87.1 Å². The molecule has 0 saturated heterocycles. The van der Waals surface area contributed by atoms with Gasteiger partial charge in [-0.3, -0.25) is 0 Å². The maximum absolute atomic E-state index is 9.22. The molecule has 2 aliphatic rings. The van der Waals surface area contributed by atoms with Crippen LogP contribution in [0.1, 0.15) is 46.0 Å². The smallest absolute Gasteiger partial charge is 0.0499 e.